The molecule has 9 nitrogen and oxygen atoms in total. The van der Waals surface area contributed by atoms with E-state index in [1.165, 1.54) is 18.2 Å². The smallest absolute Gasteiger partial charge is 0.261 e. The Morgan fingerprint density at radius 3 is 2.38 bits per heavy atom. The quantitative estimate of drug-likeness (QED) is 0.179. The van der Waals surface area contributed by atoms with Crippen molar-refractivity contribution < 1.29 is 26.8 Å². The molecule has 2 heterocycles. The van der Waals surface area contributed by atoms with Gasteiger partial charge < -0.3 is 14.9 Å². The van der Waals surface area contributed by atoms with Gasteiger partial charge in [-0.2, -0.15) is 4.98 Å². The first-order valence-corrected chi connectivity index (χ1v) is 14.5. The number of rotatable bonds is 12. The number of aliphatic hydroxyl groups is 1. The van der Waals surface area contributed by atoms with Gasteiger partial charge in [0.2, 0.25) is 0 Å². The van der Waals surface area contributed by atoms with Crippen LogP contribution in [-0.2, 0) is 22.9 Å². The zero-order valence-electron chi connectivity index (χ0n) is 22.2. The topological polar surface area (TPSA) is 130 Å². The van der Waals surface area contributed by atoms with E-state index in [2.05, 4.69) is 25.2 Å². The van der Waals surface area contributed by atoms with E-state index in [4.69, 9.17) is 4.52 Å². The minimum absolute atomic E-state index is 0.0486. The number of aliphatic hydroxyl groups excluding tert-OH is 1. The Labute approximate surface area is 241 Å². The molecule has 2 aromatic heterocycles. The maximum Gasteiger partial charge on any atom is 0.261 e. The van der Waals surface area contributed by atoms with Crippen molar-refractivity contribution in [1.29, 1.82) is 0 Å². The van der Waals surface area contributed by atoms with Gasteiger partial charge in [0.15, 0.2) is 17.5 Å². The zero-order valence-corrected chi connectivity index (χ0v) is 23.1. The first-order valence-electron chi connectivity index (χ1n) is 13.1. The number of aromatic nitrogens is 3. The van der Waals surface area contributed by atoms with Crippen molar-refractivity contribution in [2.45, 2.75) is 23.8 Å². The summed E-state index contributed by atoms with van der Waals surface area (Å²) >= 11 is 0. The fourth-order valence-corrected chi connectivity index (χ4v) is 5.21. The minimum Gasteiger partial charge on any atom is -0.385 e. The number of pyridine rings is 1. The molecule has 0 saturated heterocycles. The molecule has 3 N–H and O–H groups in total. The van der Waals surface area contributed by atoms with Gasteiger partial charge in [0.1, 0.15) is 6.10 Å². The Kier molecular flexibility index (Phi) is 8.96. The average molecular weight is 592 g/mol. The molecule has 1 atom stereocenters. The predicted octanol–water partition coefficient (Wildman–Crippen LogP) is 4.67. The summed E-state index contributed by atoms with van der Waals surface area (Å²) in [6, 6.07) is 21.9. The SMILES string of the molecule is O=S(=O)(Nc1ccc(CCNC[C@@H](O)c2ccccn2)cc1)c1ccc(-c2nc(Cc3ccc(F)c(F)c3)no2)cc1. The third-order valence-electron chi connectivity index (χ3n) is 6.39. The van der Waals surface area contributed by atoms with E-state index >= 15 is 0 Å². The summed E-state index contributed by atoms with van der Waals surface area (Å²) < 4.78 is 60.3. The highest BCUT2D eigenvalue weighted by molar-refractivity contribution is 7.92. The van der Waals surface area contributed by atoms with Crippen LogP contribution >= 0.6 is 0 Å². The molecule has 5 aromatic rings. The first-order chi connectivity index (χ1) is 20.3. The Bertz CT molecular complexity index is 1730. The number of anilines is 1. The van der Waals surface area contributed by atoms with Gasteiger partial charge in [0.05, 0.1) is 10.6 Å². The van der Waals surface area contributed by atoms with Crippen molar-refractivity contribution in [1.82, 2.24) is 20.4 Å². The molecule has 0 aliphatic heterocycles. The second-order valence-corrected chi connectivity index (χ2v) is 11.2. The molecule has 0 radical (unpaired) electrons. The monoisotopic (exact) mass is 591 g/mol. The molecular formula is C30H27F2N5O4S. The molecule has 0 bridgehead atoms. The van der Waals surface area contributed by atoms with Crippen LogP contribution in [0.4, 0.5) is 14.5 Å². The molecule has 0 aliphatic carbocycles. The Hall–Kier alpha value is -4.52. The van der Waals surface area contributed by atoms with Crippen molar-refractivity contribution in [2.75, 3.05) is 17.8 Å². The molecule has 42 heavy (non-hydrogen) atoms. The fraction of sp³-hybridized carbons (Fsp3) is 0.167. The van der Waals surface area contributed by atoms with Gasteiger partial charge in [-0.15, -0.1) is 0 Å². The number of hydrogen-bond acceptors (Lipinski definition) is 8. The van der Waals surface area contributed by atoms with Crippen LogP contribution in [0.25, 0.3) is 11.5 Å². The predicted molar refractivity (Wildman–Crippen MR) is 152 cm³/mol. The number of nitrogens with one attached hydrogen (secondary N) is 2. The first kappa shape index (κ1) is 29.0. The fourth-order valence-electron chi connectivity index (χ4n) is 4.15. The van der Waals surface area contributed by atoms with E-state index in [0.29, 0.717) is 42.0 Å². The largest absolute Gasteiger partial charge is 0.385 e. The van der Waals surface area contributed by atoms with Crippen LogP contribution in [0.2, 0.25) is 0 Å². The standard InChI is InChI=1S/C30H27F2N5O4S/c31-25-13-6-21(17-26(25)32)18-29-35-30(41-36-29)22-7-11-24(12-8-22)42(39,40)37-23-9-4-20(5-10-23)14-16-33-19-28(38)27-3-1-2-15-34-27/h1-13,15,17,28,33,37-38H,14,16,18-19H2/t28-/m1/s1. The maximum absolute atomic E-state index is 13.5. The molecule has 216 valence electrons. The van der Waals surface area contributed by atoms with Crippen LogP contribution in [-0.4, -0.2) is 41.7 Å². The van der Waals surface area contributed by atoms with Gasteiger partial charge in [-0.05, 0) is 84.8 Å². The van der Waals surface area contributed by atoms with Gasteiger partial charge in [0, 0.05) is 30.4 Å². The normalized spacial score (nSPS) is 12.3. The molecule has 0 amide bonds. The van der Waals surface area contributed by atoms with Crippen LogP contribution in [0.3, 0.4) is 0 Å². The number of halogens is 2. The van der Waals surface area contributed by atoms with Crippen molar-refractivity contribution >= 4 is 15.7 Å². The number of hydrogen-bond donors (Lipinski definition) is 3. The average Bonchev–Trinajstić information content (AvgIpc) is 3.47. The van der Waals surface area contributed by atoms with Crippen LogP contribution < -0.4 is 10.0 Å². The summed E-state index contributed by atoms with van der Waals surface area (Å²) in [6.07, 6.45) is 1.78. The lowest BCUT2D eigenvalue weighted by molar-refractivity contribution is 0.170. The molecule has 3 aromatic carbocycles. The van der Waals surface area contributed by atoms with Crippen LogP contribution in [0.1, 0.15) is 28.7 Å². The Morgan fingerprint density at radius 2 is 1.67 bits per heavy atom. The molecule has 0 unspecified atom stereocenters. The van der Waals surface area contributed by atoms with Gasteiger partial charge in [0.25, 0.3) is 15.9 Å². The highest BCUT2D eigenvalue weighted by Gasteiger charge is 2.16. The summed E-state index contributed by atoms with van der Waals surface area (Å²) in [5.41, 5.74) is 3.02. The van der Waals surface area contributed by atoms with E-state index in [1.54, 1.807) is 42.6 Å². The summed E-state index contributed by atoms with van der Waals surface area (Å²) in [7, 11) is -3.85. The molecule has 5 rings (SSSR count). The van der Waals surface area contributed by atoms with E-state index in [-0.39, 0.29) is 23.0 Å². The lowest BCUT2D eigenvalue weighted by atomic mass is 10.1. The second-order valence-electron chi connectivity index (χ2n) is 9.49. The molecule has 12 heteroatoms. The molecular weight excluding hydrogens is 564 g/mol. The minimum atomic E-state index is -3.85. The van der Waals surface area contributed by atoms with E-state index in [9.17, 15) is 22.3 Å². The summed E-state index contributed by atoms with van der Waals surface area (Å²) in [4.78, 5) is 8.45. The zero-order chi connectivity index (χ0) is 29.5. The highest BCUT2D eigenvalue weighted by Crippen LogP contribution is 2.23. The molecule has 0 aliphatic rings. The van der Waals surface area contributed by atoms with Crippen LogP contribution in [0, 0.1) is 11.6 Å². The van der Waals surface area contributed by atoms with Crippen molar-refractivity contribution in [2.24, 2.45) is 0 Å². The molecule has 0 saturated carbocycles. The van der Waals surface area contributed by atoms with Gasteiger partial charge in [-0.3, -0.25) is 9.71 Å². The third-order valence-corrected chi connectivity index (χ3v) is 7.79. The summed E-state index contributed by atoms with van der Waals surface area (Å²) in [6.45, 7) is 1.01. The summed E-state index contributed by atoms with van der Waals surface area (Å²) in [5, 5.41) is 17.2. The van der Waals surface area contributed by atoms with E-state index in [1.807, 2.05) is 18.2 Å². The Balaban J connectivity index is 1.13. The molecule has 0 fully saturated rings. The van der Waals surface area contributed by atoms with E-state index in [0.717, 1.165) is 17.7 Å². The van der Waals surface area contributed by atoms with Gasteiger partial charge in [-0.25, -0.2) is 17.2 Å². The summed E-state index contributed by atoms with van der Waals surface area (Å²) in [5.74, 6) is -1.45. The van der Waals surface area contributed by atoms with Crippen molar-refractivity contribution in [3.8, 4) is 11.5 Å². The second kappa shape index (κ2) is 13.0. The lowest BCUT2D eigenvalue weighted by Gasteiger charge is -2.12. The maximum atomic E-state index is 13.5. The molecule has 0 spiro atoms. The lowest BCUT2D eigenvalue weighted by Crippen LogP contribution is -2.24. The van der Waals surface area contributed by atoms with Crippen molar-refractivity contribution in [3.05, 3.63) is 125 Å². The number of nitrogens with zero attached hydrogens (tertiary/aromatic N) is 3. The van der Waals surface area contributed by atoms with Crippen LogP contribution in [0.5, 0.6) is 0 Å². The third kappa shape index (κ3) is 7.40. The van der Waals surface area contributed by atoms with Gasteiger partial charge in [-0.1, -0.05) is 29.4 Å². The van der Waals surface area contributed by atoms with Gasteiger partial charge >= 0.3 is 0 Å². The number of sulfonamides is 1. The van der Waals surface area contributed by atoms with E-state index < -0.39 is 27.8 Å². The van der Waals surface area contributed by atoms with Crippen molar-refractivity contribution in [3.63, 3.8) is 0 Å². The van der Waals surface area contributed by atoms with Crippen LogP contribution in [0.15, 0.2) is 101 Å². The highest BCUT2D eigenvalue weighted by atomic mass is 32.2. The number of benzene rings is 3. The Morgan fingerprint density at radius 1 is 0.905 bits per heavy atom.